The Morgan fingerprint density at radius 1 is 1.20 bits per heavy atom. The van der Waals surface area contributed by atoms with Gasteiger partial charge in [0.1, 0.15) is 11.6 Å². The van der Waals surface area contributed by atoms with Crippen molar-refractivity contribution >= 4 is 23.0 Å². The zero-order valence-electron chi connectivity index (χ0n) is 10.6. The summed E-state index contributed by atoms with van der Waals surface area (Å²) in [6, 6.07) is 7.59. The third-order valence-corrected chi connectivity index (χ3v) is 2.71. The standard InChI is InChI=1S/C14H12F2N2O2/c1-20-14(19)9-3-2-4-11(13(9)17)18-12-7-8(15)5-6-10(12)16/h2-7,18H,17H2,1H3. The molecule has 0 spiro atoms. The third-order valence-electron chi connectivity index (χ3n) is 2.71. The maximum Gasteiger partial charge on any atom is 0.340 e. The van der Waals surface area contributed by atoms with Crippen molar-refractivity contribution in [1.82, 2.24) is 0 Å². The number of anilines is 3. The molecule has 104 valence electrons. The number of nitrogens with one attached hydrogen (secondary N) is 1. The predicted octanol–water partition coefficient (Wildman–Crippen LogP) is 3.08. The maximum atomic E-state index is 13.6. The van der Waals surface area contributed by atoms with Gasteiger partial charge < -0.3 is 15.8 Å². The number of ether oxygens (including phenoxy) is 1. The van der Waals surface area contributed by atoms with Crippen molar-refractivity contribution in [1.29, 1.82) is 0 Å². The van der Waals surface area contributed by atoms with Crippen LogP contribution >= 0.6 is 0 Å². The molecule has 0 heterocycles. The molecule has 2 aromatic rings. The van der Waals surface area contributed by atoms with Gasteiger partial charge in [0, 0.05) is 6.07 Å². The van der Waals surface area contributed by atoms with Gasteiger partial charge >= 0.3 is 5.97 Å². The summed E-state index contributed by atoms with van der Waals surface area (Å²) in [5.74, 6) is -1.82. The SMILES string of the molecule is COC(=O)c1cccc(Nc2cc(F)ccc2F)c1N. The van der Waals surface area contributed by atoms with Crippen molar-refractivity contribution < 1.29 is 18.3 Å². The van der Waals surface area contributed by atoms with Crippen molar-refractivity contribution in [3.8, 4) is 0 Å². The van der Waals surface area contributed by atoms with E-state index in [4.69, 9.17) is 5.73 Å². The number of nitrogens with two attached hydrogens (primary N) is 1. The summed E-state index contributed by atoms with van der Waals surface area (Å²) < 4.78 is 31.2. The Labute approximate surface area is 114 Å². The first-order valence-electron chi connectivity index (χ1n) is 5.72. The monoisotopic (exact) mass is 278 g/mol. The van der Waals surface area contributed by atoms with Crippen LogP contribution in [0, 0.1) is 11.6 Å². The molecule has 2 rings (SSSR count). The lowest BCUT2D eigenvalue weighted by Gasteiger charge is -2.12. The van der Waals surface area contributed by atoms with Gasteiger partial charge in [0.25, 0.3) is 0 Å². The van der Waals surface area contributed by atoms with Crippen molar-refractivity contribution in [2.75, 3.05) is 18.2 Å². The van der Waals surface area contributed by atoms with E-state index in [0.717, 1.165) is 18.2 Å². The van der Waals surface area contributed by atoms with Crippen LogP contribution in [0.1, 0.15) is 10.4 Å². The Balaban J connectivity index is 2.39. The van der Waals surface area contributed by atoms with E-state index in [1.54, 1.807) is 12.1 Å². The highest BCUT2D eigenvalue weighted by atomic mass is 19.1. The van der Waals surface area contributed by atoms with Crippen molar-refractivity contribution in [3.63, 3.8) is 0 Å². The number of carbonyl (C=O) groups excluding carboxylic acids is 1. The number of benzene rings is 2. The Morgan fingerprint density at radius 2 is 1.95 bits per heavy atom. The Hall–Kier alpha value is -2.63. The molecule has 20 heavy (non-hydrogen) atoms. The summed E-state index contributed by atoms with van der Waals surface area (Å²) in [5, 5.41) is 2.65. The summed E-state index contributed by atoms with van der Waals surface area (Å²) in [7, 11) is 1.23. The fourth-order valence-corrected chi connectivity index (χ4v) is 1.70. The van der Waals surface area contributed by atoms with Crippen LogP contribution in [0.3, 0.4) is 0 Å². The number of para-hydroxylation sites is 1. The highest BCUT2D eigenvalue weighted by Crippen LogP contribution is 2.28. The topological polar surface area (TPSA) is 64.3 Å². The van der Waals surface area contributed by atoms with Crippen molar-refractivity contribution in [2.45, 2.75) is 0 Å². The van der Waals surface area contributed by atoms with Crippen LogP contribution in [0.2, 0.25) is 0 Å². The van der Waals surface area contributed by atoms with Crippen LogP contribution in [0.5, 0.6) is 0 Å². The van der Waals surface area contributed by atoms with Gasteiger partial charge in [-0.3, -0.25) is 0 Å². The summed E-state index contributed by atoms with van der Waals surface area (Å²) in [6.45, 7) is 0. The molecule has 0 atom stereocenters. The van der Waals surface area contributed by atoms with Gasteiger partial charge in [-0.05, 0) is 24.3 Å². The molecule has 0 aliphatic rings. The molecule has 4 nitrogen and oxygen atoms in total. The van der Waals surface area contributed by atoms with Crippen LogP contribution in [0.25, 0.3) is 0 Å². The first-order valence-corrected chi connectivity index (χ1v) is 5.72. The molecule has 0 unspecified atom stereocenters. The molecule has 0 bridgehead atoms. The lowest BCUT2D eigenvalue weighted by molar-refractivity contribution is 0.0602. The molecule has 0 aromatic heterocycles. The van der Waals surface area contributed by atoms with E-state index in [1.807, 2.05) is 0 Å². The van der Waals surface area contributed by atoms with E-state index < -0.39 is 17.6 Å². The van der Waals surface area contributed by atoms with E-state index in [-0.39, 0.29) is 22.6 Å². The average Bonchev–Trinajstić information content (AvgIpc) is 2.44. The summed E-state index contributed by atoms with van der Waals surface area (Å²) in [5.41, 5.74) is 6.28. The molecule has 6 heteroatoms. The van der Waals surface area contributed by atoms with Gasteiger partial charge in [-0.15, -0.1) is 0 Å². The largest absolute Gasteiger partial charge is 0.465 e. The second kappa shape index (κ2) is 5.56. The number of esters is 1. The number of methoxy groups -OCH3 is 1. The Kier molecular flexibility index (Phi) is 3.84. The molecule has 0 fully saturated rings. The maximum absolute atomic E-state index is 13.6. The van der Waals surface area contributed by atoms with Crippen LogP contribution < -0.4 is 11.1 Å². The van der Waals surface area contributed by atoms with Crippen LogP contribution in [0.4, 0.5) is 25.8 Å². The molecular formula is C14H12F2N2O2. The first-order chi connectivity index (χ1) is 9.52. The van der Waals surface area contributed by atoms with Crippen LogP contribution in [0.15, 0.2) is 36.4 Å². The number of hydrogen-bond donors (Lipinski definition) is 2. The number of rotatable bonds is 3. The van der Waals surface area contributed by atoms with Gasteiger partial charge in [0.05, 0.1) is 29.7 Å². The normalized spacial score (nSPS) is 10.2. The molecule has 2 aromatic carbocycles. The fourth-order valence-electron chi connectivity index (χ4n) is 1.70. The van der Waals surface area contributed by atoms with Crippen molar-refractivity contribution in [3.05, 3.63) is 53.6 Å². The second-order valence-corrected chi connectivity index (χ2v) is 4.01. The van der Waals surface area contributed by atoms with E-state index in [1.165, 1.54) is 13.2 Å². The van der Waals surface area contributed by atoms with E-state index in [9.17, 15) is 13.6 Å². The molecule has 0 aliphatic heterocycles. The number of hydrogen-bond acceptors (Lipinski definition) is 4. The predicted molar refractivity (Wildman–Crippen MR) is 71.8 cm³/mol. The second-order valence-electron chi connectivity index (χ2n) is 4.01. The Bertz CT molecular complexity index is 660. The van der Waals surface area contributed by atoms with Gasteiger partial charge in [-0.2, -0.15) is 0 Å². The van der Waals surface area contributed by atoms with Gasteiger partial charge in [0.2, 0.25) is 0 Å². The highest BCUT2D eigenvalue weighted by Gasteiger charge is 2.14. The lowest BCUT2D eigenvalue weighted by atomic mass is 10.1. The van der Waals surface area contributed by atoms with Crippen LogP contribution in [-0.4, -0.2) is 13.1 Å². The molecule has 0 radical (unpaired) electrons. The van der Waals surface area contributed by atoms with E-state index in [2.05, 4.69) is 10.1 Å². The quantitative estimate of drug-likeness (QED) is 0.669. The number of nitrogen functional groups attached to an aromatic ring is 1. The van der Waals surface area contributed by atoms with Gasteiger partial charge in [-0.1, -0.05) is 6.07 Å². The molecule has 0 saturated heterocycles. The number of carbonyl (C=O) groups is 1. The summed E-state index contributed by atoms with van der Waals surface area (Å²) in [4.78, 5) is 11.5. The van der Waals surface area contributed by atoms with Crippen LogP contribution in [-0.2, 0) is 4.74 Å². The zero-order chi connectivity index (χ0) is 14.7. The minimum absolute atomic E-state index is 0.0706. The third kappa shape index (κ3) is 2.69. The number of halogens is 2. The minimum atomic E-state index is -0.630. The summed E-state index contributed by atoms with van der Waals surface area (Å²) >= 11 is 0. The molecule has 0 aliphatic carbocycles. The first kappa shape index (κ1) is 13.8. The molecule has 0 saturated carbocycles. The Morgan fingerprint density at radius 3 is 2.65 bits per heavy atom. The smallest absolute Gasteiger partial charge is 0.340 e. The summed E-state index contributed by atoms with van der Waals surface area (Å²) in [6.07, 6.45) is 0. The van der Waals surface area contributed by atoms with Gasteiger partial charge in [0.15, 0.2) is 0 Å². The molecule has 0 amide bonds. The zero-order valence-corrected chi connectivity index (χ0v) is 10.6. The minimum Gasteiger partial charge on any atom is -0.465 e. The molecular weight excluding hydrogens is 266 g/mol. The molecule has 3 N–H and O–H groups in total. The fraction of sp³-hybridized carbons (Fsp3) is 0.0714. The van der Waals surface area contributed by atoms with Gasteiger partial charge in [-0.25, -0.2) is 13.6 Å². The average molecular weight is 278 g/mol. The van der Waals surface area contributed by atoms with E-state index >= 15 is 0 Å². The van der Waals surface area contributed by atoms with Crippen molar-refractivity contribution in [2.24, 2.45) is 0 Å². The lowest BCUT2D eigenvalue weighted by Crippen LogP contribution is -2.08. The highest BCUT2D eigenvalue weighted by molar-refractivity contribution is 5.98. The van der Waals surface area contributed by atoms with E-state index in [0.29, 0.717) is 0 Å².